The number of nitrogens with zero attached hydrogens (tertiary/aromatic N) is 2. The van der Waals surface area contributed by atoms with E-state index in [9.17, 15) is 4.79 Å². The fourth-order valence-electron chi connectivity index (χ4n) is 2.37. The highest BCUT2D eigenvalue weighted by molar-refractivity contribution is 6.30. The van der Waals surface area contributed by atoms with Crippen LogP contribution in [0.15, 0.2) is 71.5 Å². The van der Waals surface area contributed by atoms with Crippen molar-refractivity contribution in [3.63, 3.8) is 0 Å². The van der Waals surface area contributed by atoms with Crippen LogP contribution in [0.3, 0.4) is 0 Å². The molecule has 2 aromatic heterocycles. The first-order valence-corrected chi connectivity index (χ1v) is 8.28. The normalized spacial score (nSPS) is 10.4. The molecule has 0 atom stereocenters. The highest BCUT2D eigenvalue weighted by Gasteiger charge is 2.16. The molecule has 0 bridgehead atoms. The Balaban J connectivity index is 1.66. The Kier molecular flexibility index (Phi) is 5.69. The van der Waals surface area contributed by atoms with Crippen molar-refractivity contribution in [2.24, 2.45) is 0 Å². The van der Waals surface area contributed by atoms with E-state index < -0.39 is 0 Å². The topological polar surface area (TPSA) is 58.4 Å². The second-order valence-electron chi connectivity index (χ2n) is 5.54. The molecule has 0 fully saturated rings. The number of aromatic nitrogens is 1. The summed E-state index contributed by atoms with van der Waals surface area (Å²) in [6.45, 7) is 1.19. The zero-order valence-electron chi connectivity index (χ0n) is 13.6. The Morgan fingerprint density at radius 2 is 1.92 bits per heavy atom. The van der Waals surface area contributed by atoms with E-state index in [1.54, 1.807) is 35.6 Å². The van der Waals surface area contributed by atoms with Crippen LogP contribution in [0.2, 0.25) is 5.02 Å². The molecule has 0 unspecified atom stereocenters. The largest absolute Gasteiger partial charge is 0.467 e. The lowest BCUT2D eigenvalue weighted by atomic mass is 10.2. The number of amides is 2. The standard InChI is InChI=1S/C19H18ClN3O2/c20-16-8-6-15(7-9-16)12-22-19(24)23(14-18-5-3-11-25-18)13-17-4-1-2-10-21-17/h1-11H,12-14H2,(H,22,24). The highest BCUT2D eigenvalue weighted by Crippen LogP contribution is 2.11. The molecule has 3 aromatic rings. The first-order valence-electron chi connectivity index (χ1n) is 7.90. The monoisotopic (exact) mass is 355 g/mol. The Bertz CT molecular complexity index is 789. The van der Waals surface area contributed by atoms with Crippen molar-refractivity contribution in [1.29, 1.82) is 0 Å². The van der Waals surface area contributed by atoms with Crippen LogP contribution in [-0.2, 0) is 19.6 Å². The third kappa shape index (κ3) is 5.09. The van der Waals surface area contributed by atoms with Gasteiger partial charge in [-0.1, -0.05) is 29.8 Å². The van der Waals surface area contributed by atoms with Gasteiger partial charge in [-0.15, -0.1) is 0 Å². The van der Waals surface area contributed by atoms with Crippen LogP contribution in [0.5, 0.6) is 0 Å². The maximum Gasteiger partial charge on any atom is 0.318 e. The van der Waals surface area contributed by atoms with Gasteiger partial charge in [-0.05, 0) is 42.0 Å². The second kappa shape index (κ2) is 8.35. The molecular formula is C19H18ClN3O2. The maximum absolute atomic E-state index is 12.6. The van der Waals surface area contributed by atoms with E-state index in [0.717, 1.165) is 17.0 Å². The predicted octanol–water partition coefficient (Wildman–Crippen LogP) is 4.24. The van der Waals surface area contributed by atoms with Crippen molar-refractivity contribution in [2.45, 2.75) is 19.6 Å². The average Bonchev–Trinajstić information content (AvgIpc) is 3.14. The van der Waals surface area contributed by atoms with Crippen molar-refractivity contribution in [3.8, 4) is 0 Å². The number of urea groups is 1. The SMILES string of the molecule is O=C(NCc1ccc(Cl)cc1)N(Cc1ccccn1)Cc1ccco1. The molecule has 2 heterocycles. The van der Waals surface area contributed by atoms with Crippen LogP contribution in [0.4, 0.5) is 4.79 Å². The summed E-state index contributed by atoms with van der Waals surface area (Å²) >= 11 is 5.88. The lowest BCUT2D eigenvalue weighted by molar-refractivity contribution is 0.186. The molecule has 1 N–H and O–H groups in total. The summed E-state index contributed by atoms with van der Waals surface area (Å²) in [5, 5.41) is 3.60. The van der Waals surface area contributed by atoms with Gasteiger partial charge >= 0.3 is 6.03 Å². The molecule has 0 saturated carbocycles. The van der Waals surface area contributed by atoms with E-state index in [-0.39, 0.29) is 6.03 Å². The van der Waals surface area contributed by atoms with Crippen molar-refractivity contribution < 1.29 is 9.21 Å². The van der Waals surface area contributed by atoms with Gasteiger partial charge in [-0.2, -0.15) is 0 Å². The van der Waals surface area contributed by atoms with Gasteiger partial charge in [0.25, 0.3) is 0 Å². The molecule has 2 amide bonds. The third-order valence-corrected chi connectivity index (χ3v) is 3.90. The summed E-state index contributed by atoms with van der Waals surface area (Å²) in [5.74, 6) is 0.720. The number of rotatable bonds is 6. The zero-order chi connectivity index (χ0) is 17.5. The Morgan fingerprint density at radius 1 is 1.08 bits per heavy atom. The minimum Gasteiger partial charge on any atom is -0.467 e. The third-order valence-electron chi connectivity index (χ3n) is 3.65. The van der Waals surface area contributed by atoms with E-state index in [2.05, 4.69) is 10.3 Å². The molecule has 25 heavy (non-hydrogen) atoms. The molecule has 6 heteroatoms. The van der Waals surface area contributed by atoms with Gasteiger partial charge in [-0.25, -0.2) is 4.79 Å². The van der Waals surface area contributed by atoms with Crippen molar-refractivity contribution in [3.05, 3.63) is 89.1 Å². The van der Waals surface area contributed by atoms with E-state index >= 15 is 0 Å². The van der Waals surface area contributed by atoms with Crippen LogP contribution in [0.25, 0.3) is 0 Å². The number of nitrogens with one attached hydrogen (secondary N) is 1. The highest BCUT2D eigenvalue weighted by atomic mass is 35.5. The van der Waals surface area contributed by atoms with E-state index in [0.29, 0.717) is 24.7 Å². The van der Waals surface area contributed by atoms with Crippen LogP contribution in [0.1, 0.15) is 17.0 Å². The number of hydrogen-bond acceptors (Lipinski definition) is 3. The number of carbonyl (C=O) groups is 1. The molecule has 3 rings (SSSR count). The number of halogens is 1. The van der Waals surface area contributed by atoms with E-state index in [1.165, 1.54) is 0 Å². The first-order chi connectivity index (χ1) is 12.2. The van der Waals surface area contributed by atoms with Gasteiger partial charge in [0.05, 0.1) is 25.0 Å². The van der Waals surface area contributed by atoms with E-state index in [4.69, 9.17) is 16.0 Å². The molecule has 0 radical (unpaired) electrons. The smallest absolute Gasteiger partial charge is 0.318 e. The summed E-state index contributed by atoms with van der Waals surface area (Å²) in [6.07, 6.45) is 3.31. The zero-order valence-corrected chi connectivity index (χ0v) is 14.3. The van der Waals surface area contributed by atoms with Gasteiger partial charge in [0.1, 0.15) is 5.76 Å². The maximum atomic E-state index is 12.6. The van der Waals surface area contributed by atoms with Gasteiger partial charge < -0.3 is 14.6 Å². The van der Waals surface area contributed by atoms with Gasteiger partial charge in [0, 0.05) is 17.8 Å². The van der Waals surface area contributed by atoms with Crippen LogP contribution >= 0.6 is 11.6 Å². The minimum absolute atomic E-state index is 0.183. The first kappa shape index (κ1) is 17.0. The molecule has 5 nitrogen and oxygen atoms in total. The number of furan rings is 1. The summed E-state index contributed by atoms with van der Waals surface area (Å²) in [6, 6.07) is 16.5. The summed E-state index contributed by atoms with van der Waals surface area (Å²) in [4.78, 5) is 18.6. The fourth-order valence-corrected chi connectivity index (χ4v) is 2.50. The molecule has 0 spiro atoms. The minimum atomic E-state index is -0.183. The molecule has 128 valence electrons. The number of benzene rings is 1. The molecule has 0 saturated heterocycles. The summed E-state index contributed by atoms with van der Waals surface area (Å²) < 4.78 is 5.37. The molecule has 0 aliphatic heterocycles. The quantitative estimate of drug-likeness (QED) is 0.719. The lowest BCUT2D eigenvalue weighted by Gasteiger charge is -2.22. The number of pyridine rings is 1. The number of hydrogen-bond donors (Lipinski definition) is 1. The summed E-state index contributed by atoms with van der Waals surface area (Å²) in [7, 11) is 0. The van der Waals surface area contributed by atoms with Crippen LogP contribution in [0, 0.1) is 0 Å². The second-order valence-corrected chi connectivity index (χ2v) is 5.98. The van der Waals surface area contributed by atoms with E-state index in [1.807, 2.05) is 36.4 Å². The van der Waals surface area contributed by atoms with Gasteiger partial charge in [0.15, 0.2) is 0 Å². The Labute approximate surface area is 151 Å². The summed E-state index contributed by atoms with van der Waals surface area (Å²) in [5.41, 5.74) is 1.80. The van der Waals surface area contributed by atoms with Crippen LogP contribution in [-0.4, -0.2) is 15.9 Å². The Hall–Kier alpha value is -2.79. The van der Waals surface area contributed by atoms with Gasteiger partial charge in [-0.3, -0.25) is 4.98 Å². The molecular weight excluding hydrogens is 338 g/mol. The molecule has 0 aliphatic carbocycles. The van der Waals surface area contributed by atoms with Crippen molar-refractivity contribution in [2.75, 3.05) is 0 Å². The lowest BCUT2D eigenvalue weighted by Crippen LogP contribution is -2.38. The average molecular weight is 356 g/mol. The van der Waals surface area contributed by atoms with Crippen molar-refractivity contribution >= 4 is 17.6 Å². The fraction of sp³-hybridized carbons (Fsp3) is 0.158. The van der Waals surface area contributed by atoms with Crippen molar-refractivity contribution in [1.82, 2.24) is 15.2 Å². The Morgan fingerprint density at radius 3 is 2.60 bits per heavy atom. The number of carbonyl (C=O) groups excluding carboxylic acids is 1. The van der Waals surface area contributed by atoms with Crippen LogP contribution < -0.4 is 5.32 Å². The van der Waals surface area contributed by atoms with Gasteiger partial charge in [0.2, 0.25) is 0 Å². The molecule has 0 aliphatic rings. The predicted molar refractivity (Wildman–Crippen MR) is 95.9 cm³/mol. The molecule has 1 aromatic carbocycles.